The number of carbonyl (C=O) groups excluding carboxylic acids is 1. The number of amides is 1. The maximum absolute atomic E-state index is 13.0. The Labute approximate surface area is 124 Å². The molecule has 2 atom stereocenters. The van der Waals surface area contributed by atoms with Crippen LogP contribution < -0.4 is 10.1 Å². The van der Waals surface area contributed by atoms with E-state index in [-0.39, 0.29) is 18.2 Å². The number of benzene rings is 1. The van der Waals surface area contributed by atoms with Gasteiger partial charge in [0.25, 0.3) is 5.91 Å². The van der Waals surface area contributed by atoms with Crippen LogP contribution in [0.3, 0.4) is 0 Å². The molecule has 1 amide bonds. The van der Waals surface area contributed by atoms with Gasteiger partial charge in [0, 0.05) is 19.2 Å². The molecule has 2 N–H and O–H groups in total. The van der Waals surface area contributed by atoms with Gasteiger partial charge in [-0.3, -0.25) is 4.79 Å². The van der Waals surface area contributed by atoms with Gasteiger partial charge in [-0.1, -0.05) is 6.07 Å². The second-order valence-electron chi connectivity index (χ2n) is 5.67. The van der Waals surface area contributed by atoms with Gasteiger partial charge in [-0.25, -0.2) is 4.39 Å². The van der Waals surface area contributed by atoms with Crippen molar-refractivity contribution in [2.24, 2.45) is 0 Å². The normalized spacial score (nSPS) is 15.4. The Bertz CT molecular complexity index is 478. The second-order valence-corrected chi connectivity index (χ2v) is 5.67. The molecule has 0 saturated carbocycles. The number of likely N-dealkylation sites (N-methyl/N-ethyl adjacent to an activating group) is 1. The van der Waals surface area contributed by atoms with Gasteiger partial charge in [0.05, 0.1) is 5.60 Å². The van der Waals surface area contributed by atoms with Gasteiger partial charge in [-0.2, -0.15) is 0 Å². The molecule has 0 aliphatic heterocycles. The van der Waals surface area contributed by atoms with E-state index in [1.54, 1.807) is 19.9 Å². The fourth-order valence-corrected chi connectivity index (χ4v) is 1.96. The highest BCUT2D eigenvalue weighted by atomic mass is 19.1. The molecule has 0 aromatic heterocycles. The van der Waals surface area contributed by atoms with Crippen molar-refractivity contribution < 1.29 is 19.0 Å². The van der Waals surface area contributed by atoms with Crippen molar-refractivity contribution in [3.05, 3.63) is 30.1 Å². The molecule has 0 saturated heterocycles. The molecule has 0 fully saturated rings. The first-order chi connectivity index (χ1) is 9.69. The lowest BCUT2D eigenvalue weighted by atomic mass is 10.1. The second kappa shape index (κ2) is 7.38. The Balaban J connectivity index is 2.48. The molecule has 0 aliphatic carbocycles. The van der Waals surface area contributed by atoms with E-state index in [2.05, 4.69) is 5.32 Å². The SMILES string of the molecule is CC(Oc1cccc(F)c1)C(=O)NCC(C)(O)CN(C)C. The van der Waals surface area contributed by atoms with Crippen molar-refractivity contribution in [2.75, 3.05) is 27.2 Å². The van der Waals surface area contributed by atoms with E-state index in [1.807, 2.05) is 19.0 Å². The van der Waals surface area contributed by atoms with Gasteiger partial charge in [-0.05, 0) is 40.1 Å². The molecule has 1 rings (SSSR count). The average Bonchev–Trinajstić information content (AvgIpc) is 2.34. The first-order valence-electron chi connectivity index (χ1n) is 6.77. The maximum Gasteiger partial charge on any atom is 0.260 e. The van der Waals surface area contributed by atoms with Gasteiger partial charge in [0.2, 0.25) is 0 Å². The molecular formula is C15H23FN2O3. The fraction of sp³-hybridized carbons (Fsp3) is 0.533. The van der Waals surface area contributed by atoms with Crippen molar-refractivity contribution in [3.63, 3.8) is 0 Å². The van der Waals surface area contributed by atoms with Crippen molar-refractivity contribution >= 4 is 5.91 Å². The largest absolute Gasteiger partial charge is 0.481 e. The number of carbonyl (C=O) groups is 1. The summed E-state index contributed by atoms with van der Waals surface area (Å²) in [6.45, 7) is 3.75. The van der Waals surface area contributed by atoms with E-state index in [9.17, 15) is 14.3 Å². The predicted octanol–water partition coefficient (Wildman–Crippen LogP) is 1.02. The van der Waals surface area contributed by atoms with Crippen LogP contribution in [0.15, 0.2) is 24.3 Å². The third kappa shape index (κ3) is 6.55. The van der Waals surface area contributed by atoms with Gasteiger partial charge in [-0.15, -0.1) is 0 Å². The molecule has 5 nitrogen and oxygen atoms in total. The molecule has 0 radical (unpaired) electrons. The zero-order chi connectivity index (χ0) is 16.0. The van der Waals surface area contributed by atoms with Gasteiger partial charge >= 0.3 is 0 Å². The van der Waals surface area contributed by atoms with Crippen LogP contribution in [-0.4, -0.2) is 54.8 Å². The molecule has 21 heavy (non-hydrogen) atoms. The smallest absolute Gasteiger partial charge is 0.260 e. The monoisotopic (exact) mass is 298 g/mol. The van der Waals surface area contributed by atoms with Crippen LogP contribution in [0.4, 0.5) is 4.39 Å². The Morgan fingerprint density at radius 3 is 2.76 bits per heavy atom. The fourth-order valence-electron chi connectivity index (χ4n) is 1.96. The van der Waals surface area contributed by atoms with Crippen LogP contribution in [0.25, 0.3) is 0 Å². The number of nitrogens with zero attached hydrogens (tertiary/aromatic N) is 1. The van der Waals surface area contributed by atoms with Crippen molar-refractivity contribution in [3.8, 4) is 5.75 Å². The summed E-state index contributed by atoms with van der Waals surface area (Å²) in [5.74, 6) is -0.495. The molecule has 118 valence electrons. The lowest BCUT2D eigenvalue weighted by molar-refractivity contribution is -0.128. The van der Waals surface area contributed by atoms with Crippen molar-refractivity contribution in [1.82, 2.24) is 10.2 Å². The predicted molar refractivity (Wildman–Crippen MR) is 78.7 cm³/mol. The van der Waals surface area contributed by atoms with E-state index in [0.29, 0.717) is 6.54 Å². The number of halogens is 1. The molecular weight excluding hydrogens is 275 g/mol. The molecule has 2 unspecified atom stereocenters. The summed E-state index contributed by atoms with van der Waals surface area (Å²) in [4.78, 5) is 13.7. The molecule has 6 heteroatoms. The number of hydrogen-bond acceptors (Lipinski definition) is 4. The number of rotatable bonds is 7. The number of ether oxygens (including phenoxy) is 1. The number of aliphatic hydroxyl groups is 1. The third-order valence-electron chi connectivity index (χ3n) is 2.78. The minimum Gasteiger partial charge on any atom is -0.481 e. The van der Waals surface area contributed by atoms with E-state index in [1.165, 1.54) is 18.2 Å². The van der Waals surface area contributed by atoms with Gasteiger partial charge in [0.1, 0.15) is 11.6 Å². The van der Waals surface area contributed by atoms with Crippen LogP contribution in [0.5, 0.6) is 5.75 Å². The highest BCUT2D eigenvalue weighted by Crippen LogP contribution is 2.14. The van der Waals surface area contributed by atoms with Crippen LogP contribution in [0.2, 0.25) is 0 Å². The Morgan fingerprint density at radius 1 is 1.52 bits per heavy atom. The van der Waals surface area contributed by atoms with Crippen LogP contribution in [0.1, 0.15) is 13.8 Å². The highest BCUT2D eigenvalue weighted by molar-refractivity contribution is 5.80. The maximum atomic E-state index is 13.0. The van der Waals surface area contributed by atoms with E-state index >= 15 is 0 Å². The average molecular weight is 298 g/mol. The summed E-state index contributed by atoms with van der Waals surface area (Å²) in [6.07, 6.45) is -0.776. The molecule has 1 aromatic carbocycles. The highest BCUT2D eigenvalue weighted by Gasteiger charge is 2.24. The third-order valence-corrected chi connectivity index (χ3v) is 2.78. The number of nitrogens with one attached hydrogen (secondary N) is 1. The minimum atomic E-state index is -1.03. The van der Waals surface area contributed by atoms with Crippen molar-refractivity contribution in [2.45, 2.75) is 25.6 Å². The summed E-state index contributed by atoms with van der Waals surface area (Å²) in [6, 6.07) is 5.61. The van der Waals surface area contributed by atoms with E-state index in [0.717, 1.165) is 0 Å². The lowest BCUT2D eigenvalue weighted by Crippen LogP contribution is -2.49. The Hall–Kier alpha value is -1.66. The van der Waals surface area contributed by atoms with Crippen LogP contribution in [-0.2, 0) is 4.79 Å². The molecule has 0 spiro atoms. The lowest BCUT2D eigenvalue weighted by Gasteiger charge is -2.27. The molecule has 0 aliphatic rings. The van der Waals surface area contributed by atoms with E-state index < -0.39 is 17.5 Å². The zero-order valence-corrected chi connectivity index (χ0v) is 12.9. The summed E-state index contributed by atoms with van der Waals surface area (Å²) in [7, 11) is 3.68. The summed E-state index contributed by atoms with van der Waals surface area (Å²) < 4.78 is 18.4. The van der Waals surface area contributed by atoms with E-state index in [4.69, 9.17) is 4.74 Å². The molecule has 0 heterocycles. The zero-order valence-electron chi connectivity index (χ0n) is 12.9. The molecule has 0 bridgehead atoms. The minimum absolute atomic E-state index is 0.112. The summed E-state index contributed by atoms with van der Waals surface area (Å²) in [5, 5.41) is 12.7. The summed E-state index contributed by atoms with van der Waals surface area (Å²) >= 11 is 0. The van der Waals surface area contributed by atoms with Crippen molar-refractivity contribution in [1.29, 1.82) is 0 Å². The summed E-state index contributed by atoms with van der Waals surface area (Å²) in [5.41, 5.74) is -1.03. The van der Waals surface area contributed by atoms with Crippen LogP contribution in [0, 0.1) is 5.82 Å². The number of hydrogen-bond donors (Lipinski definition) is 2. The van der Waals surface area contributed by atoms with Crippen LogP contribution >= 0.6 is 0 Å². The van der Waals surface area contributed by atoms with Gasteiger partial charge in [0.15, 0.2) is 6.10 Å². The Kier molecular flexibility index (Phi) is 6.11. The molecule has 1 aromatic rings. The Morgan fingerprint density at radius 2 is 2.19 bits per heavy atom. The first kappa shape index (κ1) is 17.4. The van der Waals surface area contributed by atoms with Gasteiger partial charge < -0.3 is 20.1 Å². The topological polar surface area (TPSA) is 61.8 Å². The first-order valence-corrected chi connectivity index (χ1v) is 6.77. The quantitative estimate of drug-likeness (QED) is 0.789. The standard InChI is InChI=1S/C15H23FN2O3/c1-11(21-13-7-5-6-12(16)8-13)14(19)17-9-15(2,20)10-18(3)4/h5-8,11,20H,9-10H2,1-4H3,(H,17,19).